The van der Waals surface area contributed by atoms with Gasteiger partial charge in [-0.15, -0.1) is 0 Å². The molecule has 3 aliphatic rings. The van der Waals surface area contributed by atoms with Gasteiger partial charge >= 0.3 is 0 Å². The molecule has 2 aromatic heterocycles. The molecule has 0 saturated heterocycles. The Morgan fingerprint density at radius 1 is 1.23 bits per heavy atom. The molecule has 6 rings (SSSR count). The SMILES string of the molecule is C=C(C)N1CCc2c(c(N3CC(CC#N)c4cc(-c5cnn(C)c5)ccc43)nn2C2CCCC2)C1. The first-order valence-corrected chi connectivity index (χ1v) is 12.8. The Bertz CT molecular complexity index is 1320. The Kier molecular flexibility index (Phi) is 5.40. The Balaban J connectivity index is 1.44. The normalized spacial score (nSPS) is 19.6. The van der Waals surface area contributed by atoms with Crippen molar-refractivity contribution in [3.05, 3.63) is 59.7 Å². The summed E-state index contributed by atoms with van der Waals surface area (Å²) in [7, 11) is 1.94. The van der Waals surface area contributed by atoms with Gasteiger partial charge < -0.3 is 9.80 Å². The van der Waals surface area contributed by atoms with Gasteiger partial charge in [0, 0.05) is 79.8 Å². The average molecular weight is 468 g/mol. The lowest BCUT2D eigenvalue weighted by Crippen LogP contribution is -2.30. The first-order chi connectivity index (χ1) is 17.0. The summed E-state index contributed by atoms with van der Waals surface area (Å²) in [5.41, 5.74) is 8.53. The van der Waals surface area contributed by atoms with Crippen molar-refractivity contribution >= 4 is 11.5 Å². The minimum Gasteiger partial charge on any atom is -0.371 e. The number of nitriles is 1. The highest BCUT2D eigenvalue weighted by atomic mass is 15.4. The molecule has 2 aliphatic heterocycles. The van der Waals surface area contributed by atoms with Crippen LogP contribution in [0.15, 0.2) is 42.9 Å². The number of hydrogen-bond acceptors (Lipinski definition) is 5. The standard InChI is InChI=1S/C28H33N7/c1-19(2)33-13-11-27-25(18-33)28(31-35(27)23-6-4-5-7-23)34-17-21(10-12-29)24-14-20(8-9-26(24)34)22-15-30-32(3)16-22/h8-9,14-16,21,23H,1,4-7,10-11,13,17-18H2,2-3H3. The maximum atomic E-state index is 9.62. The smallest absolute Gasteiger partial charge is 0.160 e. The molecule has 7 heteroatoms. The largest absolute Gasteiger partial charge is 0.371 e. The van der Waals surface area contributed by atoms with Crippen molar-refractivity contribution in [2.24, 2.45) is 7.05 Å². The van der Waals surface area contributed by atoms with E-state index in [2.05, 4.69) is 57.4 Å². The molecular formula is C28H33N7. The molecule has 1 fully saturated rings. The zero-order valence-electron chi connectivity index (χ0n) is 20.7. The molecule has 0 amide bonds. The van der Waals surface area contributed by atoms with E-state index < -0.39 is 0 Å². The van der Waals surface area contributed by atoms with Gasteiger partial charge in [-0.05, 0) is 43.0 Å². The van der Waals surface area contributed by atoms with E-state index in [1.165, 1.54) is 48.2 Å². The molecule has 0 N–H and O–H groups in total. The van der Waals surface area contributed by atoms with Crippen molar-refractivity contribution in [1.29, 1.82) is 5.26 Å². The number of aryl methyl sites for hydroxylation is 1. The van der Waals surface area contributed by atoms with E-state index in [1.807, 2.05) is 24.1 Å². The van der Waals surface area contributed by atoms with Crippen LogP contribution in [-0.4, -0.2) is 37.6 Å². The first kappa shape index (κ1) is 22.0. The minimum atomic E-state index is 0.166. The number of rotatable bonds is 5. The van der Waals surface area contributed by atoms with Crippen molar-refractivity contribution in [3.63, 3.8) is 0 Å². The third kappa shape index (κ3) is 3.72. The van der Waals surface area contributed by atoms with Gasteiger partial charge in [-0.2, -0.15) is 15.5 Å². The van der Waals surface area contributed by atoms with Gasteiger partial charge in [0.2, 0.25) is 0 Å². The molecule has 0 spiro atoms. The van der Waals surface area contributed by atoms with E-state index in [9.17, 15) is 5.26 Å². The minimum absolute atomic E-state index is 0.166. The molecule has 0 bridgehead atoms. The van der Waals surface area contributed by atoms with Gasteiger partial charge in [-0.25, -0.2) is 0 Å². The Labute approximate surface area is 207 Å². The van der Waals surface area contributed by atoms with Gasteiger partial charge in [-0.3, -0.25) is 9.36 Å². The number of benzene rings is 1. The van der Waals surface area contributed by atoms with Crippen LogP contribution in [0.1, 0.15) is 67.8 Å². The molecule has 180 valence electrons. The van der Waals surface area contributed by atoms with Gasteiger partial charge in [0.05, 0.1) is 18.3 Å². The summed E-state index contributed by atoms with van der Waals surface area (Å²) >= 11 is 0. The second-order valence-corrected chi connectivity index (χ2v) is 10.4. The molecule has 0 radical (unpaired) electrons. The highest BCUT2D eigenvalue weighted by Gasteiger charge is 2.36. The number of anilines is 2. The predicted octanol–water partition coefficient (Wildman–Crippen LogP) is 5.44. The van der Waals surface area contributed by atoms with Crippen molar-refractivity contribution in [1.82, 2.24) is 24.5 Å². The quantitative estimate of drug-likeness (QED) is 0.500. The van der Waals surface area contributed by atoms with Crippen molar-refractivity contribution < 1.29 is 0 Å². The monoisotopic (exact) mass is 467 g/mol. The van der Waals surface area contributed by atoms with Crippen molar-refractivity contribution in [2.45, 2.75) is 64.0 Å². The number of hydrogen-bond donors (Lipinski definition) is 0. The lowest BCUT2D eigenvalue weighted by atomic mass is 9.95. The fourth-order valence-electron chi connectivity index (χ4n) is 6.20. The van der Waals surface area contributed by atoms with Gasteiger partial charge in [0.1, 0.15) is 0 Å². The van der Waals surface area contributed by atoms with E-state index in [-0.39, 0.29) is 5.92 Å². The number of aromatic nitrogens is 4. The Hall–Kier alpha value is -3.53. The molecule has 4 heterocycles. The highest BCUT2D eigenvalue weighted by Crippen LogP contribution is 2.46. The zero-order chi connectivity index (χ0) is 24.1. The van der Waals surface area contributed by atoms with Crippen LogP contribution >= 0.6 is 0 Å². The van der Waals surface area contributed by atoms with E-state index >= 15 is 0 Å². The van der Waals surface area contributed by atoms with Crippen LogP contribution in [0.5, 0.6) is 0 Å². The van der Waals surface area contributed by atoms with Gasteiger partial charge in [-0.1, -0.05) is 25.5 Å². The summed E-state index contributed by atoms with van der Waals surface area (Å²) in [6.45, 7) is 8.97. The zero-order valence-corrected chi connectivity index (χ0v) is 20.7. The van der Waals surface area contributed by atoms with Crippen LogP contribution in [-0.2, 0) is 20.0 Å². The maximum absolute atomic E-state index is 9.62. The summed E-state index contributed by atoms with van der Waals surface area (Å²) in [6.07, 6.45) is 10.5. The summed E-state index contributed by atoms with van der Waals surface area (Å²) in [5, 5.41) is 19.3. The summed E-state index contributed by atoms with van der Waals surface area (Å²) in [4.78, 5) is 4.76. The van der Waals surface area contributed by atoms with Gasteiger partial charge in [0.15, 0.2) is 5.82 Å². The molecule has 1 unspecified atom stereocenters. The molecule has 1 aromatic carbocycles. The Morgan fingerprint density at radius 3 is 2.77 bits per heavy atom. The molecule has 7 nitrogen and oxygen atoms in total. The lowest BCUT2D eigenvalue weighted by molar-refractivity contribution is 0.314. The van der Waals surface area contributed by atoms with E-state index in [0.717, 1.165) is 48.7 Å². The molecule has 1 saturated carbocycles. The average Bonchev–Trinajstić information content (AvgIpc) is 3.64. The maximum Gasteiger partial charge on any atom is 0.160 e. The summed E-state index contributed by atoms with van der Waals surface area (Å²) < 4.78 is 4.20. The van der Waals surface area contributed by atoms with Crippen LogP contribution in [0.4, 0.5) is 11.5 Å². The molecule has 35 heavy (non-hydrogen) atoms. The summed E-state index contributed by atoms with van der Waals surface area (Å²) in [6, 6.07) is 9.60. The molecule has 3 aromatic rings. The molecule has 1 aliphatic carbocycles. The predicted molar refractivity (Wildman–Crippen MR) is 137 cm³/mol. The van der Waals surface area contributed by atoms with Crippen LogP contribution in [0.3, 0.4) is 0 Å². The molecule has 1 atom stereocenters. The van der Waals surface area contributed by atoms with E-state index in [4.69, 9.17) is 5.10 Å². The molecular weight excluding hydrogens is 434 g/mol. The van der Waals surface area contributed by atoms with Crippen LogP contribution in [0.25, 0.3) is 11.1 Å². The van der Waals surface area contributed by atoms with Crippen LogP contribution in [0.2, 0.25) is 0 Å². The number of fused-ring (bicyclic) bond motifs is 2. The number of allylic oxidation sites excluding steroid dienone is 1. The number of nitrogens with zero attached hydrogens (tertiary/aromatic N) is 7. The fraction of sp³-hybridized carbons (Fsp3) is 0.464. The lowest BCUT2D eigenvalue weighted by Gasteiger charge is -2.31. The van der Waals surface area contributed by atoms with Crippen molar-refractivity contribution in [2.75, 3.05) is 18.0 Å². The van der Waals surface area contributed by atoms with Crippen LogP contribution in [0, 0.1) is 11.3 Å². The second-order valence-electron chi connectivity index (χ2n) is 10.4. The third-order valence-electron chi connectivity index (χ3n) is 8.07. The second kappa shape index (κ2) is 8.60. The van der Waals surface area contributed by atoms with Crippen LogP contribution < -0.4 is 4.90 Å². The topological polar surface area (TPSA) is 65.9 Å². The fourth-order valence-corrected chi connectivity index (χ4v) is 6.20. The van der Waals surface area contributed by atoms with Crippen molar-refractivity contribution in [3.8, 4) is 17.2 Å². The summed E-state index contributed by atoms with van der Waals surface area (Å²) in [5.74, 6) is 1.24. The highest BCUT2D eigenvalue weighted by molar-refractivity contribution is 5.76. The van der Waals surface area contributed by atoms with E-state index in [1.54, 1.807) is 0 Å². The van der Waals surface area contributed by atoms with Gasteiger partial charge in [0.25, 0.3) is 0 Å². The van der Waals surface area contributed by atoms with E-state index in [0.29, 0.717) is 12.5 Å². The Morgan fingerprint density at radius 2 is 2.06 bits per heavy atom. The third-order valence-corrected chi connectivity index (χ3v) is 8.07. The first-order valence-electron chi connectivity index (χ1n) is 12.8.